The number of hydrogen-bond donors (Lipinski definition) is 2. The van der Waals surface area contributed by atoms with Gasteiger partial charge in [0.2, 0.25) is 0 Å². The largest absolute Gasteiger partial charge is 0.491 e. The number of aliphatic hydroxyl groups is 1. The first kappa shape index (κ1) is 16.5. The van der Waals surface area contributed by atoms with Gasteiger partial charge < -0.3 is 15.2 Å². The Kier molecular flexibility index (Phi) is 6.94. The van der Waals surface area contributed by atoms with E-state index in [2.05, 4.69) is 36.5 Å². The molecule has 118 valence electrons. The summed E-state index contributed by atoms with van der Waals surface area (Å²) in [7, 11) is 0. The summed E-state index contributed by atoms with van der Waals surface area (Å²) in [5.41, 5.74) is 2.53. The topological polar surface area (TPSA) is 41.5 Å². The van der Waals surface area contributed by atoms with Gasteiger partial charge in [-0.25, -0.2) is 0 Å². The molecule has 0 fully saturated rings. The average Bonchev–Trinajstić information content (AvgIpc) is 2.55. The van der Waals surface area contributed by atoms with Gasteiger partial charge >= 0.3 is 0 Å². The van der Waals surface area contributed by atoms with Crippen molar-refractivity contribution in [3.63, 3.8) is 0 Å². The van der Waals surface area contributed by atoms with Crippen LogP contribution in [0.3, 0.4) is 0 Å². The van der Waals surface area contributed by atoms with Crippen molar-refractivity contribution in [3.8, 4) is 5.75 Å². The van der Waals surface area contributed by atoms with E-state index in [9.17, 15) is 5.11 Å². The Bertz CT molecular complexity index is 525. The highest BCUT2D eigenvalue weighted by Crippen LogP contribution is 2.13. The molecule has 3 nitrogen and oxygen atoms in total. The fourth-order valence-electron chi connectivity index (χ4n) is 2.27. The van der Waals surface area contributed by atoms with Crippen LogP contribution in [0.25, 0.3) is 0 Å². The second-order valence-corrected chi connectivity index (χ2v) is 5.48. The number of aryl methyl sites for hydroxylation is 1. The van der Waals surface area contributed by atoms with Crippen LogP contribution in [0, 0.1) is 0 Å². The molecule has 3 heteroatoms. The Balaban J connectivity index is 1.65. The van der Waals surface area contributed by atoms with Crippen molar-refractivity contribution < 1.29 is 9.84 Å². The summed E-state index contributed by atoms with van der Waals surface area (Å²) < 4.78 is 5.61. The molecule has 2 aromatic carbocycles. The predicted molar refractivity (Wildman–Crippen MR) is 90.1 cm³/mol. The summed E-state index contributed by atoms with van der Waals surface area (Å²) in [6, 6.07) is 18.2. The summed E-state index contributed by atoms with van der Waals surface area (Å²) in [6.45, 7) is 3.74. The third-order valence-electron chi connectivity index (χ3n) is 3.46. The van der Waals surface area contributed by atoms with E-state index < -0.39 is 6.10 Å². The first-order valence-electron chi connectivity index (χ1n) is 7.92. The normalized spacial score (nSPS) is 12.1. The Morgan fingerprint density at radius 1 is 1.00 bits per heavy atom. The quantitative estimate of drug-likeness (QED) is 0.747. The zero-order valence-corrected chi connectivity index (χ0v) is 13.2. The molecule has 0 aliphatic carbocycles. The van der Waals surface area contributed by atoms with E-state index in [1.165, 1.54) is 11.1 Å². The molecule has 0 spiro atoms. The molecular weight excluding hydrogens is 274 g/mol. The van der Waals surface area contributed by atoms with Gasteiger partial charge in [-0.3, -0.25) is 0 Å². The van der Waals surface area contributed by atoms with Crippen LogP contribution in [0.5, 0.6) is 5.75 Å². The SMILES string of the molecule is CCCc1ccc(OCC(O)CNCc2ccccc2)cc1. The van der Waals surface area contributed by atoms with E-state index >= 15 is 0 Å². The van der Waals surface area contributed by atoms with Crippen molar-refractivity contribution in [2.45, 2.75) is 32.4 Å². The number of rotatable bonds is 9. The molecule has 1 atom stereocenters. The summed E-state index contributed by atoms with van der Waals surface area (Å²) in [5, 5.41) is 13.2. The minimum atomic E-state index is -0.515. The van der Waals surface area contributed by atoms with Gasteiger partial charge in [0.05, 0.1) is 0 Å². The molecule has 0 saturated heterocycles. The molecule has 0 amide bonds. The maximum atomic E-state index is 9.94. The molecule has 2 N–H and O–H groups in total. The molecule has 0 radical (unpaired) electrons. The smallest absolute Gasteiger partial charge is 0.119 e. The zero-order valence-electron chi connectivity index (χ0n) is 13.2. The van der Waals surface area contributed by atoms with Crippen LogP contribution >= 0.6 is 0 Å². The van der Waals surface area contributed by atoms with Gasteiger partial charge in [-0.2, -0.15) is 0 Å². The van der Waals surface area contributed by atoms with Gasteiger partial charge in [-0.15, -0.1) is 0 Å². The maximum absolute atomic E-state index is 9.94. The van der Waals surface area contributed by atoms with Gasteiger partial charge in [0.25, 0.3) is 0 Å². The average molecular weight is 299 g/mol. The highest BCUT2D eigenvalue weighted by Gasteiger charge is 2.05. The lowest BCUT2D eigenvalue weighted by Gasteiger charge is -2.13. The van der Waals surface area contributed by atoms with Gasteiger partial charge in [-0.05, 0) is 29.7 Å². The van der Waals surface area contributed by atoms with E-state index in [4.69, 9.17) is 4.74 Å². The summed E-state index contributed by atoms with van der Waals surface area (Å²) in [5.74, 6) is 0.807. The lowest BCUT2D eigenvalue weighted by molar-refractivity contribution is 0.106. The molecule has 1 unspecified atom stereocenters. The van der Waals surface area contributed by atoms with Crippen molar-refractivity contribution in [2.24, 2.45) is 0 Å². The third kappa shape index (κ3) is 5.88. The second kappa shape index (κ2) is 9.23. The van der Waals surface area contributed by atoms with Crippen molar-refractivity contribution in [2.75, 3.05) is 13.2 Å². The minimum Gasteiger partial charge on any atom is -0.491 e. The molecule has 0 bridgehead atoms. The van der Waals surface area contributed by atoms with Crippen molar-refractivity contribution in [1.82, 2.24) is 5.32 Å². The van der Waals surface area contributed by atoms with E-state index in [-0.39, 0.29) is 0 Å². The predicted octanol–water partition coefficient (Wildman–Crippen LogP) is 3.17. The molecule has 0 heterocycles. The third-order valence-corrected chi connectivity index (χ3v) is 3.46. The van der Waals surface area contributed by atoms with Crippen LogP contribution in [-0.2, 0) is 13.0 Å². The standard InChI is InChI=1S/C19H25NO2/c1-2-6-16-9-11-19(12-10-16)22-15-18(21)14-20-13-17-7-4-3-5-8-17/h3-5,7-12,18,20-21H,2,6,13-15H2,1H3. The molecular formula is C19H25NO2. The summed E-state index contributed by atoms with van der Waals surface area (Å²) in [6.07, 6.45) is 1.72. The van der Waals surface area contributed by atoms with E-state index in [0.29, 0.717) is 13.2 Å². The first-order valence-corrected chi connectivity index (χ1v) is 7.92. The Hall–Kier alpha value is -1.84. The highest BCUT2D eigenvalue weighted by atomic mass is 16.5. The van der Waals surface area contributed by atoms with E-state index in [1.807, 2.05) is 30.3 Å². The molecule has 2 rings (SSSR count). The van der Waals surface area contributed by atoms with Crippen LogP contribution in [0.2, 0.25) is 0 Å². The fourth-order valence-corrected chi connectivity index (χ4v) is 2.27. The molecule has 2 aromatic rings. The number of aliphatic hydroxyl groups excluding tert-OH is 1. The number of ether oxygens (including phenoxy) is 1. The Morgan fingerprint density at radius 2 is 1.73 bits per heavy atom. The minimum absolute atomic E-state index is 0.301. The van der Waals surface area contributed by atoms with Crippen molar-refractivity contribution >= 4 is 0 Å². The lowest BCUT2D eigenvalue weighted by atomic mass is 10.1. The molecule has 0 aromatic heterocycles. The zero-order chi connectivity index (χ0) is 15.6. The Morgan fingerprint density at radius 3 is 2.41 bits per heavy atom. The highest BCUT2D eigenvalue weighted by molar-refractivity contribution is 5.27. The van der Waals surface area contributed by atoms with Gasteiger partial charge in [0.1, 0.15) is 18.5 Å². The van der Waals surface area contributed by atoms with E-state index in [0.717, 1.165) is 25.1 Å². The number of benzene rings is 2. The van der Waals surface area contributed by atoms with Gasteiger partial charge in [0.15, 0.2) is 0 Å². The van der Waals surface area contributed by atoms with E-state index in [1.54, 1.807) is 0 Å². The summed E-state index contributed by atoms with van der Waals surface area (Å²) >= 11 is 0. The number of hydrogen-bond acceptors (Lipinski definition) is 3. The van der Waals surface area contributed by atoms with Crippen molar-refractivity contribution in [1.29, 1.82) is 0 Å². The lowest BCUT2D eigenvalue weighted by Crippen LogP contribution is -2.31. The van der Waals surface area contributed by atoms with Crippen LogP contribution in [0.1, 0.15) is 24.5 Å². The van der Waals surface area contributed by atoms with Crippen LogP contribution < -0.4 is 10.1 Å². The number of nitrogens with one attached hydrogen (secondary N) is 1. The van der Waals surface area contributed by atoms with Crippen LogP contribution in [0.15, 0.2) is 54.6 Å². The van der Waals surface area contributed by atoms with Crippen LogP contribution in [0.4, 0.5) is 0 Å². The second-order valence-electron chi connectivity index (χ2n) is 5.48. The maximum Gasteiger partial charge on any atom is 0.119 e. The van der Waals surface area contributed by atoms with Crippen molar-refractivity contribution in [3.05, 3.63) is 65.7 Å². The van der Waals surface area contributed by atoms with Gasteiger partial charge in [-0.1, -0.05) is 55.8 Å². The fraction of sp³-hybridized carbons (Fsp3) is 0.368. The molecule has 0 saturated carbocycles. The monoisotopic (exact) mass is 299 g/mol. The Labute approximate surface area is 133 Å². The molecule has 0 aliphatic rings. The summed E-state index contributed by atoms with van der Waals surface area (Å²) in [4.78, 5) is 0. The van der Waals surface area contributed by atoms with Crippen LogP contribution in [-0.4, -0.2) is 24.4 Å². The molecule has 22 heavy (non-hydrogen) atoms. The first-order chi connectivity index (χ1) is 10.8. The molecule has 0 aliphatic heterocycles. The van der Waals surface area contributed by atoms with Gasteiger partial charge in [0, 0.05) is 13.1 Å².